The summed E-state index contributed by atoms with van der Waals surface area (Å²) in [4.78, 5) is 1.63. The van der Waals surface area contributed by atoms with Gasteiger partial charge in [0.1, 0.15) is 13.1 Å². The van der Waals surface area contributed by atoms with Crippen molar-refractivity contribution in [1.29, 1.82) is 10.5 Å². The SMILES string of the molecule is CC(O)c1ccc(Br)cc1N(CC#N)CC#N. The first-order valence-electron chi connectivity index (χ1n) is 5.06. The Kier molecular flexibility index (Phi) is 4.96. The van der Waals surface area contributed by atoms with Crippen LogP contribution >= 0.6 is 15.9 Å². The van der Waals surface area contributed by atoms with Gasteiger partial charge in [0.05, 0.1) is 18.2 Å². The molecule has 0 radical (unpaired) electrons. The van der Waals surface area contributed by atoms with Crippen LogP contribution in [0.2, 0.25) is 0 Å². The van der Waals surface area contributed by atoms with E-state index in [1.807, 2.05) is 18.2 Å². The van der Waals surface area contributed by atoms with Crippen LogP contribution < -0.4 is 4.90 Å². The monoisotopic (exact) mass is 293 g/mol. The molecular formula is C12H12BrN3O. The van der Waals surface area contributed by atoms with E-state index in [0.717, 1.165) is 4.47 Å². The van der Waals surface area contributed by atoms with Crippen LogP contribution in [-0.2, 0) is 0 Å². The van der Waals surface area contributed by atoms with Crippen molar-refractivity contribution in [3.63, 3.8) is 0 Å². The predicted octanol–water partition coefficient (Wildman–Crippen LogP) is 2.36. The van der Waals surface area contributed by atoms with Crippen molar-refractivity contribution in [2.24, 2.45) is 0 Å². The van der Waals surface area contributed by atoms with Crippen molar-refractivity contribution in [1.82, 2.24) is 0 Å². The van der Waals surface area contributed by atoms with E-state index in [0.29, 0.717) is 11.3 Å². The van der Waals surface area contributed by atoms with Gasteiger partial charge in [0.15, 0.2) is 0 Å². The third-order valence-electron chi connectivity index (χ3n) is 2.31. The first-order chi connectivity index (χ1) is 8.10. The van der Waals surface area contributed by atoms with Crippen LogP contribution in [0.15, 0.2) is 22.7 Å². The van der Waals surface area contributed by atoms with Crippen molar-refractivity contribution in [2.75, 3.05) is 18.0 Å². The lowest BCUT2D eigenvalue weighted by atomic mass is 10.1. The molecule has 0 aliphatic carbocycles. The second-order valence-corrected chi connectivity index (χ2v) is 4.47. The van der Waals surface area contributed by atoms with E-state index in [-0.39, 0.29) is 13.1 Å². The Bertz CT molecular complexity index is 458. The molecule has 0 saturated heterocycles. The van der Waals surface area contributed by atoms with Crippen LogP contribution in [0.5, 0.6) is 0 Å². The van der Waals surface area contributed by atoms with Gasteiger partial charge in [0, 0.05) is 15.7 Å². The highest BCUT2D eigenvalue weighted by atomic mass is 79.9. The Morgan fingerprint density at radius 3 is 2.41 bits per heavy atom. The molecule has 0 aliphatic heterocycles. The Morgan fingerprint density at radius 2 is 1.94 bits per heavy atom. The normalized spacial score (nSPS) is 11.4. The number of aliphatic hydroxyl groups excluding tert-OH is 1. The maximum absolute atomic E-state index is 9.67. The fourth-order valence-corrected chi connectivity index (χ4v) is 1.89. The van der Waals surface area contributed by atoms with Gasteiger partial charge in [-0.25, -0.2) is 0 Å². The molecule has 17 heavy (non-hydrogen) atoms. The number of aliphatic hydroxyl groups is 1. The van der Waals surface area contributed by atoms with E-state index in [1.54, 1.807) is 24.0 Å². The standard InChI is InChI=1S/C12H12BrN3O/c1-9(17)11-3-2-10(13)8-12(11)16(6-4-14)7-5-15/h2-3,8-9,17H,6-7H2,1H3. The molecule has 1 N–H and O–H groups in total. The summed E-state index contributed by atoms with van der Waals surface area (Å²) < 4.78 is 0.845. The van der Waals surface area contributed by atoms with Gasteiger partial charge in [-0.05, 0) is 19.1 Å². The lowest BCUT2D eigenvalue weighted by molar-refractivity contribution is 0.199. The summed E-state index contributed by atoms with van der Waals surface area (Å²) in [5.74, 6) is 0. The summed E-state index contributed by atoms with van der Waals surface area (Å²) in [5.41, 5.74) is 1.41. The summed E-state index contributed by atoms with van der Waals surface area (Å²) in [6.45, 7) is 1.89. The number of hydrogen-bond acceptors (Lipinski definition) is 4. The van der Waals surface area contributed by atoms with Gasteiger partial charge in [-0.1, -0.05) is 22.0 Å². The zero-order valence-electron chi connectivity index (χ0n) is 9.39. The van der Waals surface area contributed by atoms with E-state index >= 15 is 0 Å². The third-order valence-corrected chi connectivity index (χ3v) is 2.80. The second-order valence-electron chi connectivity index (χ2n) is 3.55. The smallest absolute Gasteiger partial charge is 0.106 e. The first kappa shape index (κ1) is 13.5. The summed E-state index contributed by atoms with van der Waals surface area (Å²) in [6, 6.07) is 9.44. The maximum atomic E-state index is 9.67. The topological polar surface area (TPSA) is 71.0 Å². The Labute approximate surface area is 109 Å². The van der Waals surface area contributed by atoms with Crippen LogP contribution in [0.4, 0.5) is 5.69 Å². The molecule has 0 saturated carbocycles. The Hall–Kier alpha value is -1.56. The van der Waals surface area contributed by atoms with Gasteiger partial charge < -0.3 is 10.0 Å². The minimum absolute atomic E-state index is 0.115. The number of nitrogens with zero attached hydrogens (tertiary/aromatic N) is 3. The molecule has 1 aromatic carbocycles. The Morgan fingerprint density at radius 1 is 1.35 bits per heavy atom. The van der Waals surface area contributed by atoms with Gasteiger partial charge in [0.2, 0.25) is 0 Å². The molecule has 1 aromatic rings. The summed E-state index contributed by atoms with van der Waals surface area (Å²) in [6.07, 6.45) is -0.641. The molecule has 1 atom stereocenters. The molecule has 0 amide bonds. The second kappa shape index (κ2) is 6.24. The molecule has 0 fully saturated rings. The summed E-state index contributed by atoms with van der Waals surface area (Å²) >= 11 is 3.34. The number of anilines is 1. The van der Waals surface area contributed by atoms with E-state index in [1.165, 1.54) is 0 Å². The van der Waals surface area contributed by atoms with Gasteiger partial charge >= 0.3 is 0 Å². The number of rotatable bonds is 4. The van der Waals surface area contributed by atoms with E-state index in [4.69, 9.17) is 10.5 Å². The Balaban J connectivity index is 3.21. The van der Waals surface area contributed by atoms with Crippen molar-refractivity contribution in [3.8, 4) is 12.1 Å². The molecule has 5 heteroatoms. The van der Waals surface area contributed by atoms with Crippen LogP contribution in [0.25, 0.3) is 0 Å². The molecule has 0 heterocycles. The van der Waals surface area contributed by atoms with Crippen LogP contribution in [0.3, 0.4) is 0 Å². The number of halogens is 1. The summed E-state index contributed by atoms with van der Waals surface area (Å²) in [7, 11) is 0. The minimum Gasteiger partial charge on any atom is -0.389 e. The molecule has 0 aromatic heterocycles. The number of hydrogen-bond donors (Lipinski definition) is 1. The molecule has 0 bridgehead atoms. The van der Waals surface area contributed by atoms with Crippen LogP contribution in [0, 0.1) is 22.7 Å². The lowest BCUT2D eigenvalue weighted by Crippen LogP contribution is -2.25. The predicted molar refractivity (Wildman–Crippen MR) is 68.2 cm³/mol. The fourth-order valence-electron chi connectivity index (χ4n) is 1.54. The van der Waals surface area contributed by atoms with Crippen molar-refractivity contribution in [2.45, 2.75) is 13.0 Å². The van der Waals surface area contributed by atoms with Crippen molar-refractivity contribution < 1.29 is 5.11 Å². The molecule has 4 nitrogen and oxygen atoms in total. The fraction of sp³-hybridized carbons (Fsp3) is 0.333. The maximum Gasteiger partial charge on any atom is 0.106 e. The molecule has 0 aliphatic rings. The van der Waals surface area contributed by atoms with E-state index < -0.39 is 6.10 Å². The van der Waals surface area contributed by atoms with Crippen molar-refractivity contribution >= 4 is 21.6 Å². The summed E-state index contributed by atoms with van der Waals surface area (Å²) in [5, 5.41) is 27.2. The van der Waals surface area contributed by atoms with Gasteiger partial charge in [-0.2, -0.15) is 10.5 Å². The minimum atomic E-state index is -0.641. The lowest BCUT2D eigenvalue weighted by Gasteiger charge is -2.23. The largest absolute Gasteiger partial charge is 0.389 e. The van der Waals surface area contributed by atoms with Crippen LogP contribution in [-0.4, -0.2) is 18.2 Å². The van der Waals surface area contributed by atoms with E-state index in [2.05, 4.69) is 15.9 Å². The quantitative estimate of drug-likeness (QED) is 0.865. The number of nitriles is 2. The van der Waals surface area contributed by atoms with Crippen LogP contribution in [0.1, 0.15) is 18.6 Å². The average Bonchev–Trinajstić information content (AvgIpc) is 2.28. The molecular weight excluding hydrogens is 282 g/mol. The zero-order chi connectivity index (χ0) is 12.8. The highest BCUT2D eigenvalue weighted by molar-refractivity contribution is 9.10. The third kappa shape index (κ3) is 3.45. The van der Waals surface area contributed by atoms with Gasteiger partial charge in [0.25, 0.3) is 0 Å². The van der Waals surface area contributed by atoms with E-state index in [9.17, 15) is 5.11 Å². The zero-order valence-corrected chi connectivity index (χ0v) is 11.0. The van der Waals surface area contributed by atoms with Crippen molar-refractivity contribution in [3.05, 3.63) is 28.2 Å². The highest BCUT2D eigenvalue weighted by Gasteiger charge is 2.14. The van der Waals surface area contributed by atoms with Gasteiger partial charge in [-0.15, -0.1) is 0 Å². The molecule has 0 spiro atoms. The average molecular weight is 294 g/mol. The molecule has 88 valence electrons. The molecule has 1 unspecified atom stereocenters. The highest BCUT2D eigenvalue weighted by Crippen LogP contribution is 2.29. The number of benzene rings is 1. The first-order valence-corrected chi connectivity index (χ1v) is 5.85. The van der Waals surface area contributed by atoms with Gasteiger partial charge in [-0.3, -0.25) is 0 Å². The molecule has 1 rings (SSSR count).